The third kappa shape index (κ3) is 52.4. The number of carbonyl (C=O) groups excluding carboxylic acids is 1. The van der Waals surface area contributed by atoms with Crippen LogP contribution in [0.4, 0.5) is 0 Å². The summed E-state index contributed by atoms with van der Waals surface area (Å²) in [6.45, 7) is 4.82. The summed E-state index contributed by atoms with van der Waals surface area (Å²) in [7, 11) is 1.56. The van der Waals surface area contributed by atoms with Crippen molar-refractivity contribution in [3.05, 3.63) is 36.5 Å². The molecule has 0 spiro atoms. The molecular weight excluding hydrogens is 852 g/mol. The van der Waals surface area contributed by atoms with Gasteiger partial charge in [-0.05, 0) is 44.9 Å². The fourth-order valence-corrected chi connectivity index (χ4v) is 9.28. The minimum Gasteiger partial charge on any atom is -0.387 e. The number of hydrogen-bond donors (Lipinski definition) is 3. The van der Waals surface area contributed by atoms with Crippen LogP contribution in [-0.2, 0) is 18.4 Å². The van der Waals surface area contributed by atoms with E-state index in [1.807, 2.05) is 27.2 Å². The monoisotopic (exact) mass is 966 g/mol. The molecule has 0 bridgehead atoms. The second-order valence-electron chi connectivity index (χ2n) is 21.0. The number of hydrogen-bond acceptors (Lipinski definition) is 5. The lowest BCUT2D eigenvalue weighted by molar-refractivity contribution is -0.870. The number of nitrogens with one attached hydrogen (secondary N) is 1. The molecule has 396 valence electrons. The maximum Gasteiger partial charge on any atom is 0.472 e. The first-order valence-corrected chi connectivity index (χ1v) is 30.4. The minimum absolute atomic E-state index is 0.0550. The van der Waals surface area contributed by atoms with Crippen molar-refractivity contribution in [3.8, 4) is 0 Å². The highest BCUT2D eigenvalue weighted by Gasteiger charge is 2.27. The molecule has 3 N–H and O–H groups in total. The summed E-state index contributed by atoms with van der Waals surface area (Å²) < 4.78 is 23.7. The van der Waals surface area contributed by atoms with Crippen LogP contribution in [0, 0.1) is 0 Å². The number of unbranched alkanes of at least 4 members (excludes halogenated alkanes) is 36. The number of quaternary nitrogens is 1. The lowest BCUT2D eigenvalue weighted by Crippen LogP contribution is -2.45. The Morgan fingerprint density at radius 1 is 0.493 bits per heavy atom. The van der Waals surface area contributed by atoms with Crippen molar-refractivity contribution in [1.29, 1.82) is 0 Å². The van der Waals surface area contributed by atoms with Crippen molar-refractivity contribution in [2.45, 2.75) is 289 Å². The maximum absolute atomic E-state index is 12.9. The highest BCUT2D eigenvalue weighted by molar-refractivity contribution is 7.47. The van der Waals surface area contributed by atoms with Crippen molar-refractivity contribution >= 4 is 13.7 Å². The van der Waals surface area contributed by atoms with Crippen LogP contribution in [0.3, 0.4) is 0 Å². The Kier molecular flexibility index (Phi) is 48.7. The Hall–Kier alpha value is -1.28. The van der Waals surface area contributed by atoms with E-state index in [0.29, 0.717) is 17.4 Å². The van der Waals surface area contributed by atoms with Gasteiger partial charge in [0, 0.05) is 6.42 Å². The molecule has 0 saturated carbocycles. The summed E-state index contributed by atoms with van der Waals surface area (Å²) in [5.41, 5.74) is 0. The molecule has 0 aliphatic heterocycles. The van der Waals surface area contributed by atoms with Crippen LogP contribution in [0.15, 0.2) is 36.5 Å². The summed E-state index contributed by atoms with van der Waals surface area (Å²) in [6.07, 6.45) is 64.0. The highest BCUT2D eigenvalue weighted by atomic mass is 31.2. The summed E-state index contributed by atoms with van der Waals surface area (Å²) in [6, 6.07) is -0.867. The van der Waals surface area contributed by atoms with Crippen molar-refractivity contribution in [2.24, 2.45) is 0 Å². The van der Waals surface area contributed by atoms with E-state index in [2.05, 4.69) is 43.5 Å². The van der Waals surface area contributed by atoms with E-state index in [0.717, 1.165) is 44.9 Å². The minimum atomic E-state index is -4.35. The Balaban J connectivity index is 4.20. The lowest BCUT2D eigenvalue weighted by atomic mass is 10.0. The van der Waals surface area contributed by atoms with E-state index in [9.17, 15) is 19.4 Å². The average Bonchev–Trinajstić information content (AvgIpc) is 3.29. The second-order valence-corrected chi connectivity index (χ2v) is 22.5. The fourth-order valence-electron chi connectivity index (χ4n) is 8.55. The van der Waals surface area contributed by atoms with Gasteiger partial charge in [-0.2, -0.15) is 0 Å². The Labute approximate surface area is 417 Å². The zero-order valence-corrected chi connectivity index (χ0v) is 46.0. The van der Waals surface area contributed by atoms with Gasteiger partial charge < -0.3 is 19.8 Å². The number of allylic oxidation sites excluding steroid dienone is 5. The molecule has 0 aromatic rings. The number of rotatable bonds is 53. The molecule has 0 aromatic heterocycles. The predicted octanol–water partition coefficient (Wildman–Crippen LogP) is 17.4. The van der Waals surface area contributed by atoms with Crippen molar-refractivity contribution in [1.82, 2.24) is 5.32 Å². The molecule has 0 aromatic carbocycles. The molecule has 3 unspecified atom stereocenters. The van der Waals surface area contributed by atoms with Crippen LogP contribution in [0.25, 0.3) is 0 Å². The van der Waals surface area contributed by atoms with Crippen LogP contribution in [0.5, 0.6) is 0 Å². The van der Waals surface area contributed by atoms with E-state index in [1.165, 1.54) is 212 Å². The predicted molar refractivity (Wildman–Crippen MR) is 291 cm³/mol. The summed E-state index contributed by atoms with van der Waals surface area (Å²) in [4.78, 5) is 23.2. The number of aliphatic hydroxyl groups excluding tert-OH is 1. The van der Waals surface area contributed by atoms with Gasteiger partial charge in [0.15, 0.2) is 0 Å². The first-order chi connectivity index (χ1) is 32.5. The van der Waals surface area contributed by atoms with E-state index < -0.39 is 20.0 Å². The quantitative estimate of drug-likeness (QED) is 0.0243. The molecule has 1 amide bonds. The zero-order chi connectivity index (χ0) is 49.2. The molecule has 0 fully saturated rings. The Bertz CT molecular complexity index is 1190. The van der Waals surface area contributed by atoms with Gasteiger partial charge in [0.05, 0.1) is 39.9 Å². The third-order valence-corrected chi connectivity index (χ3v) is 14.1. The number of carbonyl (C=O) groups is 1. The number of phosphoric ester groups is 1. The van der Waals surface area contributed by atoms with Gasteiger partial charge in [0.2, 0.25) is 5.91 Å². The topological polar surface area (TPSA) is 105 Å². The summed E-state index contributed by atoms with van der Waals surface area (Å²) in [5, 5.41) is 13.9. The van der Waals surface area contributed by atoms with E-state index in [1.54, 1.807) is 6.08 Å². The summed E-state index contributed by atoms with van der Waals surface area (Å²) >= 11 is 0. The zero-order valence-electron chi connectivity index (χ0n) is 45.2. The number of nitrogens with zero attached hydrogens (tertiary/aromatic N) is 1. The number of likely N-dealkylation sites (N-methyl/N-ethyl adjacent to an activating group) is 1. The number of aliphatic hydroxyl groups is 1. The standard InChI is InChI=1S/C58H113N2O6P/c1-6-8-10-12-14-16-18-20-22-23-24-25-26-27-28-29-30-31-32-33-34-35-36-38-39-41-43-45-47-49-51-57(61)56(55-66-67(63,64)65-54-53-60(3,4)5)59-58(62)52-50-48-46-44-42-40-37-21-19-17-15-13-11-9-7-2/h35-36,41,43,49,51,56-57,61H,6-34,37-40,42,44-48,50,52-55H2,1-5H3,(H-,59,62,63,64)/p+1/b36-35+,43-41+,51-49+. The molecule has 0 heterocycles. The first-order valence-electron chi connectivity index (χ1n) is 28.9. The smallest absolute Gasteiger partial charge is 0.387 e. The molecular formula is C58H114N2O6P+. The molecule has 9 heteroatoms. The van der Waals surface area contributed by atoms with Gasteiger partial charge in [0.25, 0.3) is 0 Å². The molecule has 3 atom stereocenters. The van der Waals surface area contributed by atoms with Crippen LogP contribution < -0.4 is 5.32 Å². The van der Waals surface area contributed by atoms with E-state index >= 15 is 0 Å². The maximum atomic E-state index is 12.9. The molecule has 0 radical (unpaired) electrons. The van der Waals surface area contributed by atoms with Crippen molar-refractivity contribution < 1.29 is 32.9 Å². The van der Waals surface area contributed by atoms with Crippen LogP contribution in [0.2, 0.25) is 0 Å². The highest BCUT2D eigenvalue weighted by Crippen LogP contribution is 2.43. The van der Waals surface area contributed by atoms with Gasteiger partial charge in [-0.1, -0.05) is 262 Å². The van der Waals surface area contributed by atoms with Gasteiger partial charge in [-0.15, -0.1) is 0 Å². The largest absolute Gasteiger partial charge is 0.472 e. The van der Waals surface area contributed by atoms with E-state index in [4.69, 9.17) is 9.05 Å². The van der Waals surface area contributed by atoms with Gasteiger partial charge in [-0.25, -0.2) is 4.57 Å². The van der Waals surface area contributed by atoms with Crippen LogP contribution in [0.1, 0.15) is 277 Å². The van der Waals surface area contributed by atoms with Gasteiger partial charge in [0.1, 0.15) is 13.2 Å². The van der Waals surface area contributed by atoms with Crippen molar-refractivity contribution in [2.75, 3.05) is 40.9 Å². The molecule has 0 rings (SSSR count). The Morgan fingerprint density at radius 3 is 1.19 bits per heavy atom. The molecule has 67 heavy (non-hydrogen) atoms. The fraction of sp³-hybridized carbons (Fsp3) is 0.879. The molecule has 0 aliphatic carbocycles. The van der Waals surface area contributed by atoms with Crippen molar-refractivity contribution in [3.63, 3.8) is 0 Å². The molecule has 0 saturated heterocycles. The average molecular weight is 967 g/mol. The molecule has 0 aliphatic rings. The second kappa shape index (κ2) is 49.7. The van der Waals surface area contributed by atoms with Gasteiger partial charge in [-0.3, -0.25) is 13.8 Å². The number of amides is 1. The molecule has 8 nitrogen and oxygen atoms in total. The Morgan fingerprint density at radius 2 is 0.821 bits per heavy atom. The van der Waals surface area contributed by atoms with E-state index in [-0.39, 0.29) is 19.1 Å². The van der Waals surface area contributed by atoms with Gasteiger partial charge >= 0.3 is 7.82 Å². The number of phosphoric acid groups is 1. The normalized spacial score (nSPS) is 14.2. The third-order valence-electron chi connectivity index (χ3n) is 13.1. The lowest BCUT2D eigenvalue weighted by Gasteiger charge is -2.25. The van der Waals surface area contributed by atoms with Crippen LogP contribution in [-0.4, -0.2) is 73.4 Å². The first kappa shape index (κ1) is 65.7. The summed E-state index contributed by atoms with van der Waals surface area (Å²) in [5.74, 6) is -0.188. The SMILES string of the molecule is CCCCCCCCCCCCCCCCCCCCCC/C=C/CC/C=C/CC/C=C/C(O)C(COP(=O)(O)OCC[N+](C)(C)C)NC(=O)CCCCCCCCCCCCCCCCC. The van der Waals surface area contributed by atoms with Crippen LogP contribution >= 0.6 is 7.82 Å².